The van der Waals surface area contributed by atoms with Crippen molar-refractivity contribution in [2.24, 2.45) is 0 Å². The first-order chi connectivity index (χ1) is 14.6. The van der Waals surface area contributed by atoms with Crippen LogP contribution in [0.5, 0.6) is 11.5 Å². The average molecular weight is 394 g/mol. The maximum Gasteiger partial charge on any atom is 0.194 e. The maximum atomic E-state index is 13.5. The van der Waals surface area contributed by atoms with Crippen LogP contribution in [-0.2, 0) is 0 Å². The Bertz CT molecular complexity index is 1530. The van der Waals surface area contributed by atoms with E-state index in [2.05, 4.69) is 0 Å². The molecule has 4 nitrogen and oxygen atoms in total. The van der Waals surface area contributed by atoms with Crippen molar-refractivity contribution in [2.75, 3.05) is 13.2 Å². The van der Waals surface area contributed by atoms with Crippen molar-refractivity contribution in [2.45, 2.75) is 13.8 Å². The van der Waals surface area contributed by atoms with Gasteiger partial charge < -0.3 is 9.47 Å². The Kier molecular flexibility index (Phi) is 3.40. The molecular formula is C26H18O4. The highest BCUT2D eigenvalue weighted by Crippen LogP contribution is 2.46. The molecule has 0 fully saturated rings. The van der Waals surface area contributed by atoms with Crippen molar-refractivity contribution >= 4 is 43.1 Å². The summed E-state index contributed by atoms with van der Waals surface area (Å²) < 4.78 is 11.4. The fourth-order valence-electron chi connectivity index (χ4n) is 4.92. The van der Waals surface area contributed by atoms with E-state index in [-0.39, 0.29) is 10.9 Å². The lowest BCUT2D eigenvalue weighted by Gasteiger charge is -2.21. The fraction of sp³-hybridized carbons (Fsp3) is 0.154. The lowest BCUT2D eigenvalue weighted by molar-refractivity contribution is 0.341. The first-order valence-corrected chi connectivity index (χ1v) is 10.2. The average Bonchev–Trinajstić information content (AvgIpc) is 2.75. The van der Waals surface area contributed by atoms with E-state index in [0.717, 1.165) is 32.7 Å². The summed E-state index contributed by atoms with van der Waals surface area (Å²) in [4.78, 5) is 27.0. The molecule has 0 amide bonds. The highest BCUT2D eigenvalue weighted by atomic mass is 16.5. The van der Waals surface area contributed by atoms with Gasteiger partial charge in [0.2, 0.25) is 0 Å². The van der Waals surface area contributed by atoms with Crippen LogP contribution in [0.15, 0.2) is 58.1 Å². The molecule has 2 aliphatic carbocycles. The minimum absolute atomic E-state index is 0.0303. The Morgan fingerprint density at radius 3 is 1.43 bits per heavy atom. The van der Waals surface area contributed by atoms with Crippen LogP contribution in [0, 0.1) is 0 Å². The van der Waals surface area contributed by atoms with Gasteiger partial charge in [0.15, 0.2) is 10.9 Å². The molecule has 4 aromatic carbocycles. The zero-order chi connectivity index (χ0) is 20.6. The summed E-state index contributed by atoms with van der Waals surface area (Å²) in [5, 5.41) is 5.97. The zero-order valence-electron chi connectivity index (χ0n) is 16.7. The lowest BCUT2D eigenvalue weighted by Crippen LogP contribution is -2.13. The molecule has 0 aromatic heterocycles. The van der Waals surface area contributed by atoms with Crippen LogP contribution < -0.4 is 20.3 Å². The number of rotatable bonds is 4. The SMILES string of the molecule is CCOc1cc2ccc3c4c2c(c1)c(=O)c1ccc2cc(OCC)cc(c3=O)c2c1-4. The van der Waals surface area contributed by atoms with E-state index in [4.69, 9.17) is 9.47 Å². The molecule has 0 unspecified atom stereocenters. The summed E-state index contributed by atoms with van der Waals surface area (Å²) in [5.74, 6) is 1.34. The normalized spacial score (nSPS) is 12.2. The molecule has 0 atom stereocenters. The Labute approximate surface area is 171 Å². The highest BCUT2D eigenvalue weighted by molar-refractivity contribution is 6.28. The van der Waals surface area contributed by atoms with Crippen molar-refractivity contribution in [1.29, 1.82) is 0 Å². The van der Waals surface area contributed by atoms with Gasteiger partial charge in [-0.2, -0.15) is 0 Å². The van der Waals surface area contributed by atoms with E-state index in [9.17, 15) is 9.59 Å². The second kappa shape index (κ2) is 5.92. The molecule has 0 radical (unpaired) electrons. The minimum Gasteiger partial charge on any atom is -0.494 e. The number of benzene rings is 6. The molecule has 2 aliphatic rings. The van der Waals surface area contributed by atoms with Gasteiger partial charge in [-0.05, 0) is 61.0 Å². The monoisotopic (exact) mass is 394 g/mol. The van der Waals surface area contributed by atoms with Crippen LogP contribution in [0.3, 0.4) is 0 Å². The second-order valence-electron chi connectivity index (χ2n) is 7.64. The van der Waals surface area contributed by atoms with Gasteiger partial charge in [0.25, 0.3) is 0 Å². The van der Waals surface area contributed by atoms with Gasteiger partial charge in [-0.1, -0.05) is 12.1 Å². The minimum atomic E-state index is -0.0303. The summed E-state index contributed by atoms with van der Waals surface area (Å²) >= 11 is 0. The predicted molar refractivity (Wildman–Crippen MR) is 122 cm³/mol. The third-order valence-electron chi connectivity index (χ3n) is 6.03. The molecule has 0 aliphatic heterocycles. The molecule has 0 saturated heterocycles. The van der Waals surface area contributed by atoms with Crippen molar-refractivity contribution in [3.05, 3.63) is 69.0 Å². The van der Waals surface area contributed by atoms with Gasteiger partial charge >= 0.3 is 0 Å². The Hall–Kier alpha value is -3.66. The topological polar surface area (TPSA) is 52.6 Å². The molecule has 0 saturated carbocycles. The molecule has 30 heavy (non-hydrogen) atoms. The highest BCUT2D eigenvalue weighted by Gasteiger charge is 2.26. The van der Waals surface area contributed by atoms with Crippen molar-refractivity contribution in [3.8, 4) is 22.6 Å². The van der Waals surface area contributed by atoms with Crippen LogP contribution in [0.4, 0.5) is 0 Å². The van der Waals surface area contributed by atoms with Gasteiger partial charge in [-0.25, -0.2) is 0 Å². The summed E-state index contributed by atoms with van der Waals surface area (Å²) in [6, 6.07) is 15.1. The quantitative estimate of drug-likeness (QED) is 0.303. The first kappa shape index (κ1) is 17.2. The molecule has 0 N–H and O–H groups in total. The van der Waals surface area contributed by atoms with E-state index in [0.29, 0.717) is 46.3 Å². The van der Waals surface area contributed by atoms with Crippen LogP contribution in [0.2, 0.25) is 0 Å². The zero-order valence-corrected chi connectivity index (χ0v) is 16.7. The van der Waals surface area contributed by atoms with Crippen molar-refractivity contribution in [3.63, 3.8) is 0 Å². The Balaban J connectivity index is 1.92. The van der Waals surface area contributed by atoms with E-state index in [1.165, 1.54) is 0 Å². The van der Waals surface area contributed by atoms with Gasteiger partial charge in [0, 0.05) is 43.4 Å². The Morgan fingerprint density at radius 1 is 0.600 bits per heavy atom. The van der Waals surface area contributed by atoms with Crippen molar-refractivity contribution in [1.82, 2.24) is 0 Å². The van der Waals surface area contributed by atoms with Crippen LogP contribution in [0.25, 0.3) is 54.2 Å². The summed E-state index contributed by atoms with van der Waals surface area (Å²) in [6.07, 6.45) is 0. The standard InChI is InChI=1S/C26H18O4/c1-3-29-15-9-13-5-7-18-23-21(13)19(11-15)25(27)17-8-6-14-10-16(30-4-2)12-20(26(18)28)22(14)24(17)23/h5-12H,3-4H2,1-2H3. The van der Waals surface area contributed by atoms with Gasteiger partial charge in [0.1, 0.15) is 11.5 Å². The van der Waals surface area contributed by atoms with Gasteiger partial charge in [-0.3, -0.25) is 9.59 Å². The molecule has 0 heterocycles. The number of hydrogen-bond acceptors (Lipinski definition) is 4. The van der Waals surface area contributed by atoms with E-state index in [1.54, 1.807) is 12.1 Å². The number of hydrogen-bond donors (Lipinski definition) is 0. The molecular weight excluding hydrogens is 376 g/mol. The second-order valence-corrected chi connectivity index (χ2v) is 7.64. The van der Waals surface area contributed by atoms with Crippen molar-refractivity contribution < 1.29 is 9.47 Å². The van der Waals surface area contributed by atoms with Gasteiger partial charge in [0.05, 0.1) is 13.2 Å². The molecule has 4 heteroatoms. The molecule has 4 aromatic rings. The third kappa shape index (κ3) is 2.05. The number of ether oxygens (including phenoxy) is 2. The maximum absolute atomic E-state index is 13.5. The van der Waals surface area contributed by atoms with E-state index in [1.807, 2.05) is 50.2 Å². The molecule has 0 spiro atoms. The summed E-state index contributed by atoms with van der Waals surface area (Å²) in [7, 11) is 0. The first-order valence-electron chi connectivity index (χ1n) is 10.2. The van der Waals surface area contributed by atoms with Gasteiger partial charge in [-0.15, -0.1) is 0 Å². The van der Waals surface area contributed by atoms with E-state index < -0.39 is 0 Å². The predicted octanol–water partition coefficient (Wildman–Crippen LogP) is 5.24. The smallest absolute Gasteiger partial charge is 0.194 e. The molecule has 0 bridgehead atoms. The Morgan fingerprint density at radius 2 is 1.03 bits per heavy atom. The lowest BCUT2D eigenvalue weighted by atomic mass is 9.81. The molecule has 146 valence electrons. The fourth-order valence-corrected chi connectivity index (χ4v) is 4.92. The summed E-state index contributed by atoms with van der Waals surface area (Å²) in [5.41, 5.74) is 1.68. The van der Waals surface area contributed by atoms with E-state index >= 15 is 0 Å². The third-order valence-corrected chi connectivity index (χ3v) is 6.03. The van der Waals surface area contributed by atoms with Crippen LogP contribution >= 0.6 is 0 Å². The van der Waals surface area contributed by atoms with Crippen LogP contribution in [0.1, 0.15) is 13.8 Å². The summed E-state index contributed by atoms with van der Waals surface area (Å²) in [6.45, 7) is 4.88. The molecule has 6 rings (SSSR count). The van der Waals surface area contributed by atoms with Crippen LogP contribution in [-0.4, -0.2) is 13.2 Å². The largest absolute Gasteiger partial charge is 0.494 e.